The van der Waals surface area contributed by atoms with E-state index in [4.69, 9.17) is 16.7 Å². The van der Waals surface area contributed by atoms with Gasteiger partial charge in [0.05, 0.1) is 12.1 Å². The Morgan fingerprint density at radius 3 is 2.33 bits per heavy atom. The monoisotopic (exact) mass is 346 g/mol. The zero-order valence-electron chi connectivity index (χ0n) is 13.7. The van der Waals surface area contributed by atoms with Crippen LogP contribution in [0, 0.1) is 0 Å². The van der Waals surface area contributed by atoms with Crippen molar-refractivity contribution in [2.24, 2.45) is 0 Å². The second kappa shape index (κ2) is 9.30. The molecule has 0 radical (unpaired) electrons. The maximum atomic E-state index is 12.3. The van der Waals surface area contributed by atoms with E-state index in [1.807, 2.05) is 49.4 Å². The van der Waals surface area contributed by atoms with E-state index in [0.717, 1.165) is 11.1 Å². The summed E-state index contributed by atoms with van der Waals surface area (Å²) in [5.74, 6) is 0. The van der Waals surface area contributed by atoms with Crippen LogP contribution in [-0.2, 0) is 0 Å². The lowest BCUT2D eigenvalue weighted by Crippen LogP contribution is -2.39. The number of aliphatic hydroxyl groups is 1. The van der Waals surface area contributed by atoms with Gasteiger partial charge in [0.15, 0.2) is 0 Å². The predicted molar refractivity (Wildman–Crippen MR) is 97.0 cm³/mol. The van der Waals surface area contributed by atoms with E-state index in [0.29, 0.717) is 17.9 Å². The first-order valence-corrected chi connectivity index (χ1v) is 8.46. The van der Waals surface area contributed by atoms with Crippen LogP contribution in [0.15, 0.2) is 54.6 Å². The zero-order valence-corrected chi connectivity index (χ0v) is 14.5. The summed E-state index contributed by atoms with van der Waals surface area (Å²) in [4.78, 5) is 12.3. The maximum Gasteiger partial charge on any atom is 0.315 e. The van der Waals surface area contributed by atoms with E-state index in [9.17, 15) is 4.79 Å². The van der Waals surface area contributed by atoms with Gasteiger partial charge in [-0.05, 0) is 43.0 Å². The first-order valence-electron chi connectivity index (χ1n) is 8.08. The maximum absolute atomic E-state index is 12.3. The van der Waals surface area contributed by atoms with Gasteiger partial charge >= 0.3 is 6.03 Å². The van der Waals surface area contributed by atoms with Crippen LogP contribution >= 0.6 is 11.6 Å². The van der Waals surface area contributed by atoms with Crippen LogP contribution in [0.25, 0.3) is 0 Å². The van der Waals surface area contributed by atoms with Crippen molar-refractivity contribution >= 4 is 17.6 Å². The summed E-state index contributed by atoms with van der Waals surface area (Å²) in [6.07, 6.45) is 1.32. The molecular weight excluding hydrogens is 324 g/mol. The molecule has 2 aromatic rings. The van der Waals surface area contributed by atoms with Gasteiger partial charge in [-0.2, -0.15) is 0 Å². The highest BCUT2D eigenvalue weighted by Crippen LogP contribution is 2.19. The third-order valence-electron chi connectivity index (χ3n) is 3.88. The number of aliphatic hydroxyl groups excluding tert-OH is 1. The molecule has 2 unspecified atom stereocenters. The highest BCUT2D eigenvalue weighted by Gasteiger charge is 2.16. The molecule has 0 aliphatic carbocycles. The molecule has 128 valence electrons. The van der Waals surface area contributed by atoms with Gasteiger partial charge in [-0.3, -0.25) is 0 Å². The second-order valence-electron chi connectivity index (χ2n) is 5.72. The number of hydrogen-bond donors (Lipinski definition) is 3. The smallest absolute Gasteiger partial charge is 0.315 e. The molecule has 0 saturated heterocycles. The summed E-state index contributed by atoms with van der Waals surface area (Å²) in [7, 11) is 0. The van der Waals surface area contributed by atoms with Crippen LogP contribution in [-0.4, -0.2) is 17.7 Å². The van der Waals surface area contributed by atoms with Crippen LogP contribution in [0.2, 0.25) is 5.02 Å². The minimum Gasteiger partial charge on any atom is -0.396 e. The molecule has 24 heavy (non-hydrogen) atoms. The van der Waals surface area contributed by atoms with Crippen molar-refractivity contribution in [2.45, 2.75) is 31.8 Å². The van der Waals surface area contributed by atoms with Gasteiger partial charge in [0, 0.05) is 11.6 Å². The van der Waals surface area contributed by atoms with E-state index in [2.05, 4.69) is 10.6 Å². The van der Waals surface area contributed by atoms with Gasteiger partial charge in [0.25, 0.3) is 0 Å². The molecule has 0 spiro atoms. The van der Waals surface area contributed by atoms with Crippen LogP contribution < -0.4 is 10.6 Å². The second-order valence-corrected chi connectivity index (χ2v) is 6.16. The molecule has 2 rings (SSSR count). The number of hydrogen-bond acceptors (Lipinski definition) is 2. The Balaban J connectivity index is 1.98. The molecule has 3 N–H and O–H groups in total. The molecule has 0 aliphatic rings. The zero-order chi connectivity index (χ0) is 17.4. The Bertz CT molecular complexity index is 632. The number of carbonyl (C=O) groups excluding carboxylic acids is 1. The molecule has 0 heterocycles. The highest BCUT2D eigenvalue weighted by atomic mass is 35.5. The van der Waals surface area contributed by atoms with Crippen molar-refractivity contribution in [3.05, 3.63) is 70.7 Å². The first kappa shape index (κ1) is 18.3. The molecule has 0 bridgehead atoms. The summed E-state index contributed by atoms with van der Waals surface area (Å²) >= 11 is 5.89. The van der Waals surface area contributed by atoms with E-state index >= 15 is 0 Å². The van der Waals surface area contributed by atoms with E-state index < -0.39 is 0 Å². The Kier molecular flexibility index (Phi) is 7.09. The van der Waals surface area contributed by atoms with Crippen LogP contribution in [0.5, 0.6) is 0 Å². The van der Waals surface area contributed by atoms with Gasteiger partial charge in [0.2, 0.25) is 0 Å². The molecule has 0 aliphatic heterocycles. The standard InChI is InChI=1S/C19H23ClN2O2/c1-14(15-9-11-17(20)12-10-15)21-19(24)22-18(8-5-13-23)16-6-3-2-4-7-16/h2-4,6-7,9-12,14,18,23H,5,8,13H2,1H3,(H2,21,22,24). The predicted octanol–water partition coefficient (Wildman–Crippen LogP) is 4.21. The molecule has 4 nitrogen and oxygen atoms in total. The van der Waals surface area contributed by atoms with Gasteiger partial charge in [0.1, 0.15) is 0 Å². The summed E-state index contributed by atoms with van der Waals surface area (Å²) in [5.41, 5.74) is 2.02. The first-order chi connectivity index (χ1) is 11.6. The number of halogens is 1. The molecule has 2 aromatic carbocycles. The van der Waals surface area contributed by atoms with E-state index in [-0.39, 0.29) is 24.7 Å². The fourth-order valence-corrected chi connectivity index (χ4v) is 2.66. The van der Waals surface area contributed by atoms with Crippen molar-refractivity contribution in [3.63, 3.8) is 0 Å². The van der Waals surface area contributed by atoms with Crippen molar-refractivity contribution in [3.8, 4) is 0 Å². The minimum absolute atomic E-state index is 0.105. The number of rotatable bonds is 7. The fraction of sp³-hybridized carbons (Fsp3) is 0.316. The average Bonchev–Trinajstić information content (AvgIpc) is 2.59. The van der Waals surface area contributed by atoms with Gasteiger partial charge < -0.3 is 15.7 Å². The Labute approximate surface area is 147 Å². The van der Waals surface area contributed by atoms with Gasteiger partial charge in [-0.25, -0.2) is 4.79 Å². The van der Waals surface area contributed by atoms with Crippen molar-refractivity contribution < 1.29 is 9.90 Å². The molecule has 5 heteroatoms. The van der Waals surface area contributed by atoms with Gasteiger partial charge in [-0.1, -0.05) is 54.1 Å². The van der Waals surface area contributed by atoms with E-state index in [1.165, 1.54) is 0 Å². The summed E-state index contributed by atoms with van der Waals surface area (Å²) < 4.78 is 0. The topological polar surface area (TPSA) is 61.4 Å². The van der Waals surface area contributed by atoms with Crippen LogP contribution in [0.3, 0.4) is 0 Å². The number of carbonyl (C=O) groups is 1. The fourth-order valence-electron chi connectivity index (χ4n) is 2.53. The Hall–Kier alpha value is -2.04. The van der Waals surface area contributed by atoms with E-state index in [1.54, 1.807) is 12.1 Å². The van der Waals surface area contributed by atoms with Crippen molar-refractivity contribution in [1.82, 2.24) is 10.6 Å². The number of benzene rings is 2. The average molecular weight is 347 g/mol. The number of nitrogens with one attached hydrogen (secondary N) is 2. The highest BCUT2D eigenvalue weighted by molar-refractivity contribution is 6.30. The molecule has 0 fully saturated rings. The summed E-state index contributed by atoms with van der Waals surface area (Å²) in [6, 6.07) is 16.7. The van der Waals surface area contributed by atoms with Crippen LogP contribution in [0.1, 0.15) is 43.0 Å². The molecule has 0 saturated carbocycles. The quantitative estimate of drug-likeness (QED) is 0.703. The van der Waals surface area contributed by atoms with Crippen molar-refractivity contribution in [2.75, 3.05) is 6.61 Å². The minimum atomic E-state index is -0.232. The molecule has 0 aromatic heterocycles. The number of urea groups is 1. The van der Waals surface area contributed by atoms with Gasteiger partial charge in [-0.15, -0.1) is 0 Å². The molecule has 2 atom stereocenters. The van der Waals surface area contributed by atoms with Crippen molar-refractivity contribution in [1.29, 1.82) is 0 Å². The Morgan fingerprint density at radius 2 is 1.71 bits per heavy atom. The van der Waals surface area contributed by atoms with Crippen LogP contribution in [0.4, 0.5) is 4.79 Å². The molecular formula is C19H23ClN2O2. The molecule has 2 amide bonds. The third kappa shape index (κ3) is 5.55. The SMILES string of the molecule is CC(NC(=O)NC(CCCO)c1ccccc1)c1ccc(Cl)cc1. The summed E-state index contributed by atoms with van der Waals surface area (Å²) in [6.45, 7) is 2.03. The lowest BCUT2D eigenvalue weighted by Gasteiger charge is -2.21. The Morgan fingerprint density at radius 1 is 1.04 bits per heavy atom. The normalized spacial score (nSPS) is 13.1. The largest absolute Gasteiger partial charge is 0.396 e. The lowest BCUT2D eigenvalue weighted by atomic mass is 10.0. The number of amides is 2. The summed E-state index contributed by atoms with van der Waals surface area (Å²) in [5, 5.41) is 15.7. The lowest BCUT2D eigenvalue weighted by molar-refractivity contribution is 0.230. The third-order valence-corrected chi connectivity index (χ3v) is 4.13.